The molecule has 2 aromatic carbocycles. The molecule has 1 aliphatic rings. The first kappa shape index (κ1) is 21.7. The summed E-state index contributed by atoms with van der Waals surface area (Å²) >= 11 is 0. The molecule has 34 heavy (non-hydrogen) atoms. The lowest BCUT2D eigenvalue weighted by molar-refractivity contribution is 0.356. The highest BCUT2D eigenvalue weighted by atomic mass is 16.5. The molecule has 1 fully saturated rings. The van der Waals surface area contributed by atoms with Gasteiger partial charge in [-0.1, -0.05) is 18.2 Å². The predicted molar refractivity (Wildman–Crippen MR) is 133 cm³/mol. The minimum Gasteiger partial charge on any atom is -0.493 e. The van der Waals surface area contributed by atoms with Crippen molar-refractivity contribution in [2.24, 2.45) is 0 Å². The lowest BCUT2D eigenvalue weighted by atomic mass is 10.1. The van der Waals surface area contributed by atoms with Crippen LogP contribution in [0.15, 0.2) is 61.2 Å². The Morgan fingerprint density at radius 1 is 0.882 bits per heavy atom. The summed E-state index contributed by atoms with van der Waals surface area (Å²) < 4.78 is 10.9. The third-order valence-corrected chi connectivity index (χ3v) is 6.00. The van der Waals surface area contributed by atoms with E-state index in [1.807, 2.05) is 54.9 Å². The SMILES string of the molecule is COc1cc2ncnc(N3CCN(c4ncc(Nc5ccccc5)cn4)[C@H](C)C3)c2cc1OC. The van der Waals surface area contributed by atoms with Gasteiger partial charge in [0.1, 0.15) is 12.1 Å². The Labute approximate surface area is 198 Å². The van der Waals surface area contributed by atoms with Crippen molar-refractivity contribution in [3.05, 3.63) is 61.2 Å². The molecule has 0 amide bonds. The van der Waals surface area contributed by atoms with E-state index in [2.05, 4.69) is 42.0 Å². The zero-order valence-corrected chi connectivity index (χ0v) is 19.5. The fourth-order valence-corrected chi connectivity index (χ4v) is 4.29. The number of aromatic nitrogens is 4. The maximum atomic E-state index is 5.50. The molecule has 1 aliphatic heterocycles. The topological polar surface area (TPSA) is 88.5 Å². The molecule has 9 heteroatoms. The summed E-state index contributed by atoms with van der Waals surface area (Å²) in [6.07, 6.45) is 5.25. The van der Waals surface area contributed by atoms with Crippen molar-refractivity contribution in [2.45, 2.75) is 13.0 Å². The van der Waals surface area contributed by atoms with Crippen LogP contribution < -0.4 is 24.6 Å². The molecule has 0 aliphatic carbocycles. The van der Waals surface area contributed by atoms with E-state index in [-0.39, 0.29) is 6.04 Å². The van der Waals surface area contributed by atoms with Crippen LogP contribution >= 0.6 is 0 Å². The molecule has 0 bridgehead atoms. The number of anilines is 4. The van der Waals surface area contributed by atoms with Crippen LogP contribution in [0.3, 0.4) is 0 Å². The molecule has 3 heterocycles. The molecule has 0 radical (unpaired) electrons. The van der Waals surface area contributed by atoms with E-state index in [1.165, 1.54) is 0 Å². The van der Waals surface area contributed by atoms with Crippen LogP contribution in [0.2, 0.25) is 0 Å². The molecular weight excluding hydrogens is 430 g/mol. The highest BCUT2D eigenvalue weighted by Crippen LogP contribution is 2.35. The van der Waals surface area contributed by atoms with Crippen molar-refractivity contribution in [3.8, 4) is 11.5 Å². The first-order valence-electron chi connectivity index (χ1n) is 11.2. The Morgan fingerprint density at radius 2 is 1.62 bits per heavy atom. The van der Waals surface area contributed by atoms with Gasteiger partial charge in [-0.3, -0.25) is 0 Å². The fraction of sp³-hybridized carbons (Fsp3) is 0.280. The van der Waals surface area contributed by atoms with Crippen LogP contribution in [0.5, 0.6) is 11.5 Å². The van der Waals surface area contributed by atoms with Crippen LogP contribution in [0.1, 0.15) is 6.92 Å². The number of piperazine rings is 1. The summed E-state index contributed by atoms with van der Waals surface area (Å²) in [5, 5.41) is 4.26. The lowest BCUT2D eigenvalue weighted by Gasteiger charge is -2.40. The fourth-order valence-electron chi connectivity index (χ4n) is 4.29. The molecule has 1 atom stereocenters. The summed E-state index contributed by atoms with van der Waals surface area (Å²) in [6.45, 7) is 4.54. The second kappa shape index (κ2) is 9.38. The van der Waals surface area contributed by atoms with E-state index >= 15 is 0 Å². The van der Waals surface area contributed by atoms with E-state index in [1.54, 1.807) is 20.5 Å². The van der Waals surface area contributed by atoms with Gasteiger partial charge in [-0.05, 0) is 25.1 Å². The molecule has 0 saturated carbocycles. The average molecular weight is 458 g/mol. The second-order valence-electron chi connectivity index (χ2n) is 8.17. The average Bonchev–Trinajstić information content (AvgIpc) is 2.88. The van der Waals surface area contributed by atoms with E-state index in [4.69, 9.17) is 9.47 Å². The molecule has 2 aromatic heterocycles. The number of benzene rings is 2. The van der Waals surface area contributed by atoms with Crippen molar-refractivity contribution in [2.75, 3.05) is 49.0 Å². The summed E-state index contributed by atoms with van der Waals surface area (Å²) in [5.41, 5.74) is 2.69. The van der Waals surface area contributed by atoms with Crippen LogP contribution in [0.25, 0.3) is 10.9 Å². The summed E-state index contributed by atoms with van der Waals surface area (Å²) in [6, 6.07) is 14.0. The van der Waals surface area contributed by atoms with E-state index in [0.29, 0.717) is 11.5 Å². The number of ether oxygens (including phenoxy) is 2. The van der Waals surface area contributed by atoms with Gasteiger partial charge >= 0.3 is 0 Å². The van der Waals surface area contributed by atoms with Crippen LogP contribution in [-0.4, -0.2) is 59.8 Å². The Morgan fingerprint density at radius 3 is 2.32 bits per heavy atom. The van der Waals surface area contributed by atoms with Crippen molar-refractivity contribution < 1.29 is 9.47 Å². The summed E-state index contributed by atoms with van der Waals surface area (Å²) in [4.78, 5) is 22.8. The smallest absolute Gasteiger partial charge is 0.225 e. The Kier molecular flexibility index (Phi) is 5.99. The van der Waals surface area contributed by atoms with Gasteiger partial charge in [-0.2, -0.15) is 0 Å². The van der Waals surface area contributed by atoms with Gasteiger partial charge in [0.15, 0.2) is 11.5 Å². The normalized spacial score (nSPS) is 15.9. The molecule has 9 nitrogen and oxygen atoms in total. The molecule has 0 spiro atoms. The van der Waals surface area contributed by atoms with Crippen molar-refractivity contribution >= 4 is 34.0 Å². The summed E-state index contributed by atoms with van der Waals surface area (Å²) in [7, 11) is 3.26. The van der Waals surface area contributed by atoms with Gasteiger partial charge < -0.3 is 24.6 Å². The van der Waals surface area contributed by atoms with Crippen LogP contribution in [0, 0.1) is 0 Å². The maximum Gasteiger partial charge on any atom is 0.225 e. The Balaban J connectivity index is 1.33. The monoisotopic (exact) mass is 457 g/mol. The number of hydrogen-bond acceptors (Lipinski definition) is 9. The number of fused-ring (bicyclic) bond motifs is 1. The van der Waals surface area contributed by atoms with E-state index < -0.39 is 0 Å². The summed E-state index contributed by atoms with van der Waals surface area (Å²) in [5.74, 6) is 2.93. The molecular formula is C25H27N7O2. The first-order valence-corrected chi connectivity index (χ1v) is 11.2. The van der Waals surface area contributed by atoms with Gasteiger partial charge in [0, 0.05) is 42.8 Å². The minimum absolute atomic E-state index is 0.201. The van der Waals surface area contributed by atoms with E-state index in [0.717, 1.165) is 53.7 Å². The van der Waals surface area contributed by atoms with Gasteiger partial charge in [0.05, 0.1) is 37.8 Å². The number of nitrogens with zero attached hydrogens (tertiary/aromatic N) is 6. The Bertz CT molecular complexity index is 1270. The standard InChI is InChI=1S/C25H27N7O2/c1-17-15-31(24-20-11-22(33-2)23(34-3)12-21(20)28-16-29-24)9-10-32(17)25-26-13-19(14-27-25)30-18-7-5-4-6-8-18/h4-8,11-14,16-17,30H,9-10,15H2,1-3H3/t17-/m1/s1. The third-order valence-electron chi connectivity index (χ3n) is 6.00. The van der Waals surface area contributed by atoms with Gasteiger partial charge in [-0.15, -0.1) is 0 Å². The molecule has 1 N–H and O–H groups in total. The molecule has 0 unspecified atom stereocenters. The molecule has 174 valence electrons. The first-order chi connectivity index (χ1) is 16.7. The second-order valence-corrected chi connectivity index (χ2v) is 8.17. The molecule has 4 aromatic rings. The number of rotatable bonds is 6. The van der Waals surface area contributed by atoms with Crippen molar-refractivity contribution in [3.63, 3.8) is 0 Å². The number of hydrogen-bond donors (Lipinski definition) is 1. The van der Waals surface area contributed by atoms with Gasteiger partial charge in [0.25, 0.3) is 0 Å². The van der Waals surface area contributed by atoms with Gasteiger partial charge in [-0.25, -0.2) is 19.9 Å². The molecule has 5 rings (SSSR count). The zero-order chi connectivity index (χ0) is 23.5. The van der Waals surface area contributed by atoms with Crippen LogP contribution in [0.4, 0.5) is 23.1 Å². The highest BCUT2D eigenvalue weighted by Gasteiger charge is 2.27. The predicted octanol–water partition coefficient (Wildman–Crippen LogP) is 3.90. The highest BCUT2D eigenvalue weighted by molar-refractivity contribution is 5.92. The minimum atomic E-state index is 0.201. The molecule has 1 saturated heterocycles. The maximum absolute atomic E-state index is 5.50. The van der Waals surface area contributed by atoms with Crippen LogP contribution in [-0.2, 0) is 0 Å². The lowest BCUT2D eigenvalue weighted by Crippen LogP contribution is -2.53. The van der Waals surface area contributed by atoms with Gasteiger partial charge in [0.2, 0.25) is 5.95 Å². The third kappa shape index (κ3) is 4.24. The van der Waals surface area contributed by atoms with Crippen molar-refractivity contribution in [1.29, 1.82) is 0 Å². The number of nitrogens with one attached hydrogen (secondary N) is 1. The number of methoxy groups -OCH3 is 2. The quantitative estimate of drug-likeness (QED) is 0.463. The largest absolute Gasteiger partial charge is 0.493 e. The number of para-hydroxylation sites is 1. The van der Waals surface area contributed by atoms with Crippen molar-refractivity contribution in [1.82, 2.24) is 19.9 Å². The van der Waals surface area contributed by atoms with E-state index in [9.17, 15) is 0 Å². The Hall–Kier alpha value is -4.14. The zero-order valence-electron chi connectivity index (χ0n) is 19.5.